The highest BCUT2D eigenvalue weighted by Crippen LogP contribution is 2.30. The van der Waals surface area contributed by atoms with Crippen molar-refractivity contribution in [3.05, 3.63) is 40.0 Å². The second-order valence-corrected chi connectivity index (χ2v) is 7.96. The van der Waals surface area contributed by atoms with E-state index in [1.54, 1.807) is 24.3 Å². The maximum Gasteiger partial charge on any atom is 0.175 e. The number of hydrogen-bond acceptors (Lipinski definition) is 4. The summed E-state index contributed by atoms with van der Waals surface area (Å²) in [5, 5.41) is 9.94. The van der Waals surface area contributed by atoms with Crippen LogP contribution in [0.5, 0.6) is 5.75 Å². The zero-order valence-corrected chi connectivity index (χ0v) is 13.9. The molecule has 1 heterocycles. The maximum absolute atomic E-state index is 11.6. The molecule has 0 bridgehead atoms. The largest absolute Gasteiger partial charge is 0.507 e. The number of sulfone groups is 1. The highest BCUT2D eigenvalue weighted by molar-refractivity contribution is 14.1. The number of aromatic nitrogens is 2. The Hall–Kier alpha value is -1.61. The first-order chi connectivity index (χ1) is 9.84. The minimum Gasteiger partial charge on any atom is -0.507 e. The normalized spacial score (nSPS) is 11.9. The van der Waals surface area contributed by atoms with E-state index < -0.39 is 9.84 Å². The second kappa shape index (κ2) is 4.99. The van der Waals surface area contributed by atoms with Crippen molar-refractivity contribution in [3.63, 3.8) is 0 Å². The lowest BCUT2D eigenvalue weighted by molar-refractivity contribution is 0.477. The molecule has 0 saturated carbocycles. The third kappa shape index (κ3) is 2.75. The number of benzene rings is 2. The summed E-state index contributed by atoms with van der Waals surface area (Å²) in [4.78, 5) is 7.68. The van der Waals surface area contributed by atoms with Crippen LogP contribution in [0, 0.1) is 3.57 Å². The van der Waals surface area contributed by atoms with Crippen molar-refractivity contribution in [2.45, 2.75) is 4.90 Å². The van der Waals surface area contributed by atoms with Crippen molar-refractivity contribution in [1.29, 1.82) is 0 Å². The highest BCUT2D eigenvalue weighted by Gasteiger charge is 2.13. The molecule has 0 fully saturated rings. The SMILES string of the molecule is CS(=O)(=O)c1ccc2nc(-c3cc(I)ccc3O)[nH]c2c1. The first-order valence-corrected chi connectivity index (χ1v) is 9.00. The van der Waals surface area contributed by atoms with E-state index in [-0.39, 0.29) is 10.6 Å². The van der Waals surface area contributed by atoms with Gasteiger partial charge in [-0.2, -0.15) is 0 Å². The Kier molecular flexibility index (Phi) is 3.40. The predicted octanol–water partition coefficient (Wildman–Crippen LogP) is 2.94. The van der Waals surface area contributed by atoms with Gasteiger partial charge in [0.15, 0.2) is 9.84 Å². The summed E-state index contributed by atoms with van der Waals surface area (Å²) < 4.78 is 24.1. The lowest BCUT2D eigenvalue weighted by Crippen LogP contribution is -1.96. The van der Waals surface area contributed by atoms with E-state index in [1.807, 2.05) is 6.07 Å². The van der Waals surface area contributed by atoms with Crippen LogP contribution in [0.25, 0.3) is 22.4 Å². The van der Waals surface area contributed by atoms with Gasteiger partial charge in [-0.3, -0.25) is 0 Å². The van der Waals surface area contributed by atoms with Crippen LogP contribution in [0.3, 0.4) is 0 Å². The lowest BCUT2D eigenvalue weighted by Gasteiger charge is -2.01. The average molecular weight is 414 g/mol. The summed E-state index contributed by atoms with van der Waals surface area (Å²) in [6.45, 7) is 0. The number of halogens is 1. The third-order valence-electron chi connectivity index (χ3n) is 3.10. The van der Waals surface area contributed by atoms with Crippen molar-refractivity contribution in [3.8, 4) is 17.1 Å². The zero-order chi connectivity index (χ0) is 15.2. The summed E-state index contributed by atoms with van der Waals surface area (Å²) >= 11 is 2.15. The fraction of sp³-hybridized carbons (Fsp3) is 0.0714. The molecule has 1 aromatic heterocycles. The van der Waals surface area contributed by atoms with E-state index in [4.69, 9.17) is 0 Å². The molecule has 108 valence electrons. The average Bonchev–Trinajstić information content (AvgIpc) is 2.83. The summed E-state index contributed by atoms with van der Waals surface area (Å²) in [7, 11) is -3.26. The van der Waals surface area contributed by atoms with Gasteiger partial charge in [0.05, 0.1) is 21.5 Å². The van der Waals surface area contributed by atoms with Crippen LogP contribution in [0.15, 0.2) is 41.3 Å². The molecular weight excluding hydrogens is 403 g/mol. The fourth-order valence-corrected chi connectivity index (χ4v) is 3.18. The molecule has 3 aromatic rings. The number of aromatic amines is 1. The van der Waals surface area contributed by atoms with Crippen molar-refractivity contribution in [2.24, 2.45) is 0 Å². The molecule has 2 N–H and O–H groups in total. The molecule has 0 aliphatic rings. The lowest BCUT2D eigenvalue weighted by atomic mass is 10.2. The van der Waals surface area contributed by atoms with Crippen molar-refractivity contribution < 1.29 is 13.5 Å². The summed E-state index contributed by atoms with van der Waals surface area (Å²) in [5.74, 6) is 0.629. The van der Waals surface area contributed by atoms with Gasteiger partial charge in [0, 0.05) is 9.83 Å². The zero-order valence-electron chi connectivity index (χ0n) is 11.0. The number of H-pyrrole nitrogens is 1. The second-order valence-electron chi connectivity index (χ2n) is 4.70. The number of nitrogens with zero attached hydrogens (tertiary/aromatic N) is 1. The van der Waals surface area contributed by atoms with Crippen molar-refractivity contribution in [1.82, 2.24) is 9.97 Å². The number of fused-ring (bicyclic) bond motifs is 1. The van der Waals surface area contributed by atoms with E-state index in [0.29, 0.717) is 22.4 Å². The van der Waals surface area contributed by atoms with Gasteiger partial charge in [0.25, 0.3) is 0 Å². The molecule has 0 radical (unpaired) electrons. The molecule has 0 atom stereocenters. The van der Waals surface area contributed by atoms with Gasteiger partial charge in [0.1, 0.15) is 11.6 Å². The van der Waals surface area contributed by atoms with Gasteiger partial charge >= 0.3 is 0 Å². The highest BCUT2D eigenvalue weighted by atomic mass is 127. The summed E-state index contributed by atoms with van der Waals surface area (Å²) in [6, 6.07) is 9.93. The maximum atomic E-state index is 11.6. The van der Waals surface area contributed by atoms with E-state index in [1.165, 1.54) is 6.07 Å². The Balaban J connectivity index is 2.20. The fourth-order valence-electron chi connectivity index (χ4n) is 2.04. The molecule has 2 aromatic carbocycles. The first-order valence-electron chi connectivity index (χ1n) is 6.03. The van der Waals surface area contributed by atoms with Gasteiger partial charge in [-0.05, 0) is 59.0 Å². The van der Waals surface area contributed by atoms with Crippen LogP contribution in [0.4, 0.5) is 0 Å². The third-order valence-corrected chi connectivity index (χ3v) is 4.88. The Morgan fingerprint density at radius 1 is 1.19 bits per heavy atom. The van der Waals surface area contributed by atoms with Crippen molar-refractivity contribution >= 4 is 43.5 Å². The van der Waals surface area contributed by atoms with Crippen molar-refractivity contribution in [2.75, 3.05) is 6.26 Å². The molecule has 5 nitrogen and oxygen atoms in total. The van der Waals surface area contributed by atoms with Gasteiger partial charge < -0.3 is 10.1 Å². The van der Waals surface area contributed by atoms with Gasteiger partial charge in [0.2, 0.25) is 0 Å². The van der Waals surface area contributed by atoms with Crippen LogP contribution in [-0.4, -0.2) is 29.7 Å². The number of phenolic OH excluding ortho intramolecular Hbond substituents is 1. The van der Waals surface area contributed by atoms with E-state index in [9.17, 15) is 13.5 Å². The topological polar surface area (TPSA) is 83.1 Å². The number of nitrogens with one attached hydrogen (secondary N) is 1. The van der Waals surface area contributed by atoms with E-state index >= 15 is 0 Å². The van der Waals surface area contributed by atoms with Crippen LogP contribution < -0.4 is 0 Å². The first kappa shape index (κ1) is 14.3. The molecule has 7 heteroatoms. The number of aromatic hydroxyl groups is 1. The molecule has 0 aliphatic heterocycles. The quantitative estimate of drug-likeness (QED) is 0.632. The molecule has 0 spiro atoms. The molecule has 0 saturated heterocycles. The number of imidazole rings is 1. The predicted molar refractivity (Wildman–Crippen MR) is 89.0 cm³/mol. The number of phenols is 1. The van der Waals surface area contributed by atoms with Crippen LogP contribution in [0.1, 0.15) is 0 Å². The van der Waals surface area contributed by atoms with E-state index in [2.05, 4.69) is 32.6 Å². The smallest absolute Gasteiger partial charge is 0.175 e. The molecule has 0 aliphatic carbocycles. The van der Waals surface area contributed by atoms with Crippen LogP contribution >= 0.6 is 22.6 Å². The molecular formula is C14H11IN2O3S. The van der Waals surface area contributed by atoms with Gasteiger partial charge in [-0.1, -0.05) is 0 Å². The van der Waals surface area contributed by atoms with E-state index in [0.717, 1.165) is 9.83 Å². The number of rotatable bonds is 2. The monoisotopic (exact) mass is 414 g/mol. The Morgan fingerprint density at radius 2 is 1.95 bits per heavy atom. The summed E-state index contributed by atoms with van der Waals surface area (Å²) in [5.41, 5.74) is 1.85. The summed E-state index contributed by atoms with van der Waals surface area (Å²) in [6.07, 6.45) is 1.16. The van der Waals surface area contributed by atoms with Crippen LogP contribution in [0.2, 0.25) is 0 Å². The minimum atomic E-state index is -3.26. The Bertz CT molecular complexity index is 948. The molecule has 0 unspecified atom stereocenters. The number of hydrogen-bond donors (Lipinski definition) is 2. The van der Waals surface area contributed by atoms with Crippen LogP contribution in [-0.2, 0) is 9.84 Å². The van der Waals surface area contributed by atoms with Gasteiger partial charge in [-0.15, -0.1) is 0 Å². The Labute approximate surface area is 135 Å². The molecule has 0 amide bonds. The van der Waals surface area contributed by atoms with Gasteiger partial charge in [-0.25, -0.2) is 13.4 Å². The Morgan fingerprint density at radius 3 is 2.67 bits per heavy atom. The molecule has 3 rings (SSSR count). The minimum absolute atomic E-state index is 0.123. The molecule has 21 heavy (non-hydrogen) atoms. The standard InChI is InChI=1S/C14H11IN2O3S/c1-21(19,20)9-3-4-11-12(7-9)17-14(16-11)10-6-8(15)2-5-13(10)18/h2-7,18H,1H3,(H,16,17).